The van der Waals surface area contributed by atoms with Crippen molar-refractivity contribution in [2.45, 2.75) is 19.4 Å². The van der Waals surface area contributed by atoms with Crippen molar-refractivity contribution in [2.24, 2.45) is 0 Å². The molecule has 0 bridgehead atoms. The number of nitrogens with zero attached hydrogens (tertiary/aromatic N) is 5. The predicted molar refractivity (Wildman–Crippen MR) is 121 cm³/mol. The fourth-order valence-electron chi connectivity index (χ4n) is 3.67. The third kappa shape index (κ3) is 3.36. The van der Waals surface area contributed by atoms with E-state index in [2.05, 4.69) is 30.2 Å². The van der Waals surface area contributed by atoms with Crippen LogP contribution in [0.2, 0.25) is 5.02 Å². The van der Waals surface area contributed by atoms with Crippen LogP contribution in [0.15, 0.2) is 59.9 Å². The van der Waals surface area contributed by atoms with Crippen LogP contribution in [0.3, 0.4) is 0 Å². The number of aromatic amines is 1. The van der Waals surface area contributed by atoms with Gasteiger partial charge in [0, 0.05) is 5.02 Å². The molecule has 0 saturated heterocycles. The molecule has 5 aromatic rings. The highest BCUT2D eigenvalue weighted by Gasteiger charge is 2.23. The largest absolute Gasteiger partial charge is 0.358 e. The van der Waals surface area contributed by atoms with E-state index in [1.165, 1.54) is 29.4 Å². The van der Waals surface area contributed by atoms with E-state index in [0.717, 1.165) is 0 Å². The standard InChI is InChI=1S/C22H17ClFN7O/c1-2-15(29-20-18-19(26-10-25-18)27-11-28-20)21-30-16-5-3-4-14(24)17(16)22(32)31(21)13-8-6-12(23)7-9-13/h3-11,15H,2H2,1H3,(H2,25,26,27,28,29)/t15-/m1/s1. The number of rotatable bonds is 5. The smallest absolute Gasteiger partial charge is 0.269 e. The second-order valence-electron chi connectivity index (χ2n) is 7.15. The lowest BCUT2D eigenvalue weighted by molar-refractivity contribution is 0.630. The molecule has 0 aliphatic rings. The minimum absolute atomic E-state index is 0.0703. The van der Waals surface area contributed by atoms with E-state index in [9.17, 15) is 9.18 Å². The van der Waals surface area contributed by atoms with Crippen molar-refractivity contribution in [3.05, 3.63) is 82.1 Å². The number of benzene rings is 2. The first-order valence-corrected chi connectivity index (χ1v) is 10.3. The van der Waals surface area contributed by atoms with Gasteiger partial charge in [0.15, 0.2) is 11.5 Å². The van der Waals surface area contributed by atoms with E-state index < -0.39 is 17.4 Å². The lowest BCUT2D eigenvalue weighted by atomic mass is 10.1. The van der Waals surface area contributed by atoms with Crippen LogP contribution in [0.5, 0.6) is 0 Å². The normalized spacial score (nSPS) is 12.3. The lowest BCUT2D eigenvalue weighted by Crippen LogP contribution is -2.28. The van der Waals surface area contributed by atoms with Gasteiger partial charge in [-0.05, 0) is 42.8 Å². The number of aromatic nitrogens is 6. The van der Waals surface area contributed by atoms with Crippen LogP contribution in [-0.4, -0.2) is 29.5 Å². The monoisotopic (exact) mass is 449 g/mol. The Morgan fingerprint density at radius 1 is 1.16 bits per heavy atom. The summed E-state index contributed by atoms with van der Waals surface area (Å²) in [6.45, 7) is 1.96. The quantitative estimate of drug-likeness (QED) is 0.412. The highest BCUT2D eigenvalue weighted by atomic mass is 35.5. The molecule has 0 aliphatic carbocycles. The van der Waals surface area contributed by atoms with Crippen LogP contribution < -0.4 is 10.9 Å². The minimum Gasteiger partial charge on any atom is -0.358 e. The molecule has 3 aromatic heterocycles. The number of H-pyrrole nitrogens is 1. The molecule has 5 rings (SSSR count). The Bertz CT molecular complexity index is 1500. The molecule has 2 aromatic carbocycles. The van der Waals surface area contributed by atoms with Crippen LogP contribution in [0.4, 0.5) is 10.2 Å². The van der Waals surface area contributed by atoms with Crippen molar-refractivity contribution >= 4 is 39.5 Å². The molecule has 32 heavy (non-hydrogen) atoms. The summed E-state index contributed by atoms with van der Waals surface area (Å²) in [5.41, 5.74) is 1.46. The third-order valence-corrected chi connectivity index (χ3v) is 5.46. The first-order chi connectivity index (χ1) is 15.6. The first-order valence-electron chi connectivity index (χ1n) is 9.94. The second-order valence-corrected chi connectivity index (χ2v) is 7.59. The van der Waals surface area contributed by atoms with E-state index in [0.29, 0.717) is 39.9 Å². The summed E-state index contributed by atoms with van der Waals surface area (Å²) in [6, 6.07) is 10.7. The number of hydrogen-bond acceptors (Lipinski definition) is 6. The number of halogens is 2. The fourth-order valence-corrected chi connectivity index (χ4v) is 3.80. The molecule has 0 fully saturated rings. The topological polar surface area (TPSA) is 101 Å². The van der Waals surface area contributed by atoms with Crippen molar-refractivity contribution in [2.75, 3.05) is 5.32 Å². The van der Waals surface area contributed by atoms with Gasteiger partial charge in [0.05, 0.1) is 23.6 Å². The van der Waals surface area contributed by atoms with Crippen LogP contribution in [-0.2, 0) is 0 Å². The molecule has 2 N–H and O–H groups in total. The van der Waals surface area contributed by atoms with Gasteiger partial charge in [-0.25, -0.2) is 24.3 Å². The summed E-state index contributed by atoms with van der Waals surface area (Å²) in [5, 5.41) is 3.79. The molecule has 10 heteroatoms. The highest BCUT2D eigenvalue weighted by molar-refractivity contribution is 6.30. The Kier molecular flexibility index (Phi) is 5.02. The summed E-state index contributed by atoms with van der Waals surface area (Å²) in [7, 11) is 0. The fraction of sp³-hybridized carbons (Fsp3) is 0.136. The van der Waals surface area contributed by atoms with Crippen LogP contribution in [0.25, 0.3) is 27.8 Å². The molecule has 0 amide bonds. The van der Waals surface area contributed by atoms with Crippen LogP contribution in [0, 0.1) is 5.82 Å². The molecule has 0 aliphatic heterocycles. The van der Waals surface area contributed by atoms with Gasteiger partial charge in [0.25, 0.3) is 5.56 Å². The van der Waals surface area contributed by atoms with Gasteiger partial charge in [-0.3, -0.25) is 9.36 Å². The summed E-state index contributed by atoms with van der Waals surface area (Å²) in [6.07, 6.45) is 3.51. The molecular formula is C22H17ClFN7O. The molecule has 8 nitrogen and oxygen atoms in total. The van der Waals surface area contributed by atoms with E-state index in [-0.39, 0.29) is 10.9 Å². The number of imidazole rings is 1. The van der Waals surface area contributed by atoms with E-state index in [1.54, 1.807) is 30.3 Å². The van der Waals surface area contributed by atoms with Gasteiger partial charge in [-0.15, -0.1) is 0 Å². The summed E-state index contributed by atoms with van der Waals surface area (Å²) < 4.78 is 16.0. The SMILES string of the molecule is CC[C@@H](Nc1ncnc2nc[nH]c12)c1nc2cccc(F)c2c(=O)n1-c1ccc(Cl)cc1. The van der Waals surface area contributed by atoms with Gasteiger partial charge in [-0.1, -0.05) is 24.6 Å². The summed E-state index contributed by atoms with van der Waals surface area (Å²) in [5.74, 6) is 0.324. The van der Waals surface area contributed by atoms with Gasteiger partial charge in [-0.2, -0.15) is 0 Å². The van der Waals surface area contributed by atoms with Crippen molar-refractivity contribution < 1.29 is 4.39 Å². The maximum absolute atomic E-state index is 14.6. The van der Waals surface area contributed by atoms with Gasteiger partial charge in [0.1, 0.15) is 28.9 Å². The Balaban J connectivity index is 1.74. The van der Waals surface area contributed by atoms with E-state index in [1.807, 2.05) is 6.92 Å². The number of fused-ring (bicyclic) bond motifs is 2. The maximum Gasteiger partial charge on any atom is 0.269 e. The Morgan fingerprint density at radius 3 is 2.75 bits per heavy atom. The Hall–Kier alpha value is -3.85. The molecular weight excluding hydrogens is 433 g/mol. The van der Waals surface area contributed by atoms with Crippen molar-refractivity contribution in [3.63, 3.8) is 0 Å². The number of hydrogen-bond donors (Lipinski definition) is 2. The molecule has 1 atom stereocenters. The maximum atomic E-state index is 14.6. The van der Waals surface area contributed by atoms with Crippen molar-refractivity contribution in [3.8, 4) is 5.69 Å². The van der Waals surface area contributed by atoms with Gasteiger partial charge < -0.3 is 10.3 Å². The van der Waals surface area contributed by atoms with Crippen molar-refractivity contribution in [1.29, 1.82) is 0 Å². The Labute approximate surface area is 186 Å². The van der Waals surface area contributed by atoms with E-state index >= 15 is 0 Å². The predicted octanol–water partition coefficient (Wildman–Crippen LogP) is 4.41. The average Bonchev–Trinajstić information content (AvgIpc) is 3.28. The molecule has 0 saturated carbocycles. The Morgan fingerprint density at radius 2 is 1.97 bits per heavy atom. The zero-order chi connectivity index (χ0) is 22.2. The third-order valence-electron chi connectivity index (χ3n) is 5.21. The highest BCUT2D eigenvalue weighted by Crippen LogP contribution is 2.26. The average molecular weight is 450 g/mol. The molecule has 3 heterocycles. The summed E-state index contributed by atoms with van der Waals surface area (Å²) >= 11 is 6.04. The first kappa shape index (κ1) is 20.1. The molecule has 0 radical (unpaired) electrons. The molecule has 0 spiro atoms. The number of anilines is 1. The molecule has 160 valence electrons. The minimum atomic E-state index is -0.620. The van der Waals surface area contributed by atoms with Gasteiger partial charge >= 0.3 is 0 Å². The van der Waals surface area contributed by atoms with Crippen molar-refractivity contribution in [1.82, 2.24) is 29.5 Å². The van der Waals surface area contributed by atoms with Crippen LogP contribution >= 0.6 is 11.6 Å². The van der Waals surface area contributed by atoms with Gasteiger partial charge in [0.2, 0.25) is 0 Å². The zero-order valence-corrected chi connectivity index (χ0v) is 17.6. The van der Waals surface area contributed by atoms with E-state index in [4.69, 9.17) is 11.6 Å². The molecule has 0 unspecified atom stereocenters. The lowest BCUT2D eigenvalue weighted by Gasteiger charge is -2.22. The number of nitrogens with one attached hydrogen (secondary N) is 2. The zero-order valence-electron chi connectivity index (χ0n) is 16.9. The van der Waals surface area contributed by atoms with Crippen LogP contribution in [0.1, 0.15) is 25.2 Å². The summed E-state index contributed by atoms with van der Waals surface area (Å²) in [4.78, 5) is 33.8. The second kappa shape index (κ2) is 8.01.